The molecule has 3 heteroatoms. The van der Waals surface area contributed by atoms with Crippen LogP contribution in [0.25, 0.3) is 0 Å². The van der Waals surface area contributed by atoms with Crippen LogP contribution >= 0.6 is 0 Å². The Balaban J connectivity index is 0.00000192. The summed E-state index contributed by atoms with van der Waals surface area (Å²) in [5.41, 5.74) is 3.19. The summed E-state index contributed by atoms with van der Waals surface area (Å²) < 4.78 is 0. The van der Waals surface area contributed by atoms with Crippen molar-refractivity contribution in [3.05, 3.63) is 35.4 Å². The molecule has 22 heavy (non-hydrogen) atoms. The van der Waals surface area contributed by atoms with E-state index in [2.05, 4.69) is 41.4 Å². The molecule has 1 amide bonds. The first-order valence-corrected chi connectivity index (χ1v) is 8.73. The number of piperidine rings is 1. The Kier molecular flexibility index (Phi) is 4.53. The molecule has 1 aromatic carbocycles. The van der Waals surface area contributed by atoms with Gasteiger partial charge in [0.15, 0.2) is 0 Å². The van der Waals surface area contributed by atoms with Crippen LogP contribution in [-0.2, 0) is 10.2 Å². The van der Waals surface area contributed by atoms with E-state index < -0.39 is 0 Å². The van der Waals surface area contributed by atoms with E-state index in [1.807, 2.05) is 0 Å². The monoisotopic (exact) mass is 302 g/mol. The third-order valence-electron chi connectivity index (χ3n) is 5.55. The van der Waals surface area contributed by atoms with E-state index in [4.69, 9.17) is 0 Å². The van der Waals surface area contributed by atoms with Crippen molar-refractivity contribution in [1.29, 1.82) is 0 Å². The summed E-state index contributed by atoms with van der Waals surface area (Å²) in [5.74, 6) is 0.0773. The van der Waals surface area contributed by atoms with Crippen LogP contribution in [0.1, 0.15) is 64.5 Å². The lowest BCUT2D eigenvalue weighted by Crippen LogP contribution is -2.46. The van der Waals surface area contributed by atoms with E-state index in [9.17, 15) is 4.79 Å². The Morgan fingerprint density at radius 1 is 1.32 bits per heavy atom. The Morgan fingerprint density at radius 3 is 2.73 bits per heavy atom. The standard InChI is InChI=1S/C19H28N2O.H2/c1-3-12-21-13-10-19(11-14-21)9-8-18(20-15(2)22)16-6-4-5-7-17(16)19;/h4-7,18H,3,8-14H2,1-2H3,(H,20,22);1H/t18-;/m0./s1. The van der Waals surface area contributed by atoms with Crippen LogP contribution < -0.4 is 5.32 Å². The molecule has 0 unspecified atom stereocenters. The zero-order valence-electron chi connectivity index (χ0n) is 13.9. The van der Waals surface area contributed by atoms with Gasteiger partial charge < -0.3 is 10.2 Å². The number of hydrogen-bond donors (Lipinski definition) is 1. The molecule has 0 saturated carbocycles. The normalized spacial score (nSPS) is 24.0. The quantitative estimate of drug-likeness (QED) is 0.924. The Hall–Kier alpha value is -1.35. The molecule has 1 aliphatic carbocycles. The number of fused-ring (bicyclic) bond motifs is 2. The van der Waals surface area contributed by atoms with Crippen molar-refractivity contribution in [3.8, 4) is 0 Å². The molecular weight excluding hydrogens is 272 g/mol. The van der Waals surface area contributed by atoms with Crippen molar-refractivity contribution in [2.75, 3.05) is 19.6 Å². The molecule has 0 aromatic heterocycles. The van der Waals surface area contributed by atoms with Crippen LogP contribution in [0.4, 0.5) is 0 Å². The van der Waals surface area contributed by atoms with Gasteiger partial charge in [-0.1, -0.05) is 31.2 Å². The van der Waals surface area contributed by atoms with Crippen LogP contribution in [0, 0.1) is 0 Å². The Labute approximate surface area is 135 Å². The van der Waals surface area contributed by atoms with Crippen molar-refractivity contribution in [1.82, 2.24) is 10.2 Å². The summed E-state index contributed by atoms with van der Waals surface area (Å²) in [7, 11) is 0. The third-order valence-corrected chi connectivity index (χ3v) is 5.55. The predicted octanol–water partition coefficient (Wildman–Crippen LogP) is 3.65. The summed E-state index contributed by atoms with van der Waals surface area (Å²) in [6.07, 6.45) is 6.04. The molecule has 2 aliphatic rings. The highest BCUT2D eigenvalue weighted by atomic mass is 16.1. The molecular formula is C19H30N2O. The topological polar surface area (TPSA) is 32.3 Å². The van der Waals surface area contributed by atoms with Gasteiger partial charge in [0.2, 0.25) is 5.91 Å². The zero-order chi connectivity index (χ0) is 15.6. The molecule has 1 N–H and O–H groups in total. The fourth-order valence-corrected chi connectivity index (χ4v) is 4.43. The SMILES string of the molecule is CCCN1CCC2(CC[C@H](NC(C)=O)c3ccccc32)CC1.[HH]. The summed E-state index contributed by atoms with van der Waals surface area (Å²) >= 11 is 0. The second-order valence-corrected chi connectivity index (χ2v) is 7.00. The van der Waals surface area contributed by atoms with E-state index in [0.29, 0.717) is 5.41 Å². The van der Waals surface area contributed by atoms with E-state index in [0.717, 1.165) is 6.42 Å². The molecule has 1 spiro atoms. The number of carbonyl (C=O) groups is 1. The molecule has 1 fully saturated rings. The molecule has 0 bridgehead atoms. The highest BCUT2D eigenvalue weighted by molar-refractivity contribution is 5.73. The number of carbonyl (C=O) groups excluding carboxylic acids is 1. The van der Waals surface area contributed by atoms with Crippen molar-refractivity contribution < 1.29 is 6.22 Å². The van der Waals surface area contributed by atoms with Crippen LogP contribution in [0.15, 0.2) is 24.3 Å². The molecule has 122 valence electrons. The number of rotatable bonds is 3. The van der Waals surface area contributed by atoms with E-state index in [1.165, 1.54) is 56.4 Å². The van der Waals surface area contributed by atoms with Gasteiger partial charge in [-0.3, -0.25) is 4.79 Å². The second kappa shape index (κ2) is 6.41. The summed E-state index contributed by atoms with van der Waals surface area (Å²) in [6, 6.07) is 9.00. The van der Waals surface area contributed by atoms with Gasteiger partial charge in [-0.2, -0.15) is 0 Å². The molecule has 1 aliphatic heterocycles. The molecule has 3 nitrogen and oxygen atoms in total. The minimum atomic E-state index is 0. The van der Waals surface area contributed by atoms with Gasteiger partial charge in [-0.15, -0.1) is 0 Å². The minimum absolute atomic E-state index is 0. The maximum atomic E-state index is 11.5. The Morgan fingerprint density at radius 2 is 2.05 bits per heavy atom. The van der Waals surface area contributed by atoms with E-state index in [1.54, 1.807) is 6.92 Å². The van der Waals surface area contributed by atoms with Gasteiger partial charge in [0.05, 0.1) is 6.04 Å². The van der Waals surface area contributed by atoms with E-state index >= 15 is 0 Å². The fourth-order valence-electron chi connectivity index (χ4n) is 4.43. The zero-order valence-corrected chi connectivity index (χ0v) is 13.9. The number of hydrogen-bond acceptors (Lipinski definition) is 2. The number of nitrogens with zero attached hydrogens (tertiary/aromatic N) is 1. The summed E-state index contributed by atoms with van der Waals surface area (Å²) in [5, 5.41) is 3.14. The van der Waals surface area contributed by atoms with Crippen molar-refractivity contribution in [3.63, 3.8) is 0 Å². The summed E-state index contributed by atoms with van der Waals surface area (Å²) in [6.45, 7) is 7.54. The molecule has 3 rings (SSSR count). The summed E-state index contributed by atoms with van der Waals surface area (Å²) in [4.78, 5) is 14.1. The smallest absolute Gasteiger partial charge is 0.217 e. The Bertz CT molecular complexity index is 538. The third kappa shape index (κ3) is 2.91. The largest absolute Gasteiger partial charge is 0.350 e. The lowest BCUT2D eigenvalue weighted by atomic mass is 9.63. The van der Waals surface area contributed by atoms with Crippen LogP contribution in [0.3, 0.4) is 0 Å². The lowest BCUT2D eigenvalue weighted by Gasteiger charge is -2.47. The molecule has 1 atom stereocenters. The number of amides is 1. The molecule has 1 aromatic rings. The lowest BCUT2D eigenvalue weighted by molar-refractivity contribution is -0.119. The number of likely N-dealkylation sites (tertiary alicyclic amines) is 1. The first-order valence-electron chi connectivity index (χ1n) is 8.73. The molecule has 1 saturated heterocycles. The number of nitrogens with one attached hydrogen (secondary N) is 1. The van der Waals surface area contributed by atoms with Gasteiger partial charge in [-0.05, 0) is 68.3 Å². The maximum absolute atomic E-state index is 11.5. The van der Waals surface area contributed by atoms with Crippen molar-refractivity contribution >= 4 is 5.91 Å². The number of benzene rings is 1. The first-order chi connectivity index (χ1) is 10.6. The molecule has 0 radical (unpaired) electrons. The predicted molar refractivity (Wildman–Crippen MR) is 92.0 cm³/mol. The average molecular weight is 302 g/mol. The van der Waals surface area contributed by atoms with Crippen LogP contribution in [0.5, 0.6) is 0 Å². The molecule has 1 heterocycles. The second-order valence-electron chi connectivity index (χ2n) is 7.00. The van der Waals surface area contributed by atoms with Crippen LogP contribution in [-0.4, -0.2) is 30.4 Å². The highest BCUT2D eigenvalue weighted by Gasteiger charge is 2.41. The average Bonchev–Trinajstić information content (AvgIpc) is 2.53. The maximum Gasteiger partial charge on any atom is 0.217 e. The van der Waals surface area contributed by atoms with Gasteiger partial charge in [0, 0.05) is 8.35 Å². The van der Waals surface area contributed by atoms with Crippen molar-refractivity contribution in [2.45, 2.75) is 57.4 Å². The van der Waals surface area contributed by atoms with Crippen LogP contribution in [0.2, 0.25) is 0 Å². The van der Waals surface area contributed by atoms with Gasteiger partial charge >= 0.3 is 0 Å². The van der Waals surface area contributed by atoms with Gasteiger partial charge in [-0.25, -0.2) is 0 Å². The van der Waals surface area contributed by atoms with Gasteiger partial charge in [0.25, 0.3) is 0 Å². The highest BCUT2D eigenvalue weighted by Crippen LogP contribution is 2.47. The van der Waals surface area contributed by atoms with Gasteiger partial charge in [0.1, 0.15) is 0 Å². The van der Waals surface area contributed by atoms with E-state index in [-0.39, 0.29) is 13.4 Å². The first kappa shape index (κ1) is 15.5. The van der Waals surface area contributed by atoms with Crippen molar-refractivity contribution in [2.24, 2.45) is 0 Å². The fraction of sp³-hybridized carbons (Fsp3) is 0.632. The minimum Gasteiger partial charge on any atom is -0.350 e.